The summed E-state index contributed by atoms with van der Waals surface area (Å²) in [6, 6.07) is 12.7. The van der Waals surface area contributed by atoms with Crippen molar-refractivity contribution in [2.75, 3.05) is 11.9 Å². The van der Waals surface area contributed by atoms with E-state index in [1.54, 1.807) is 0 Å². The van der Waals surface area contributed by atoms with Gasteiger partial charge < -0.3 is 9.88 Å². The van der Waals surface area contributed by atoms with Crippen molar-refractivity contribution in [2.45, 2.75) is 19.3 Å². The molecular formula is C15H18N2. The molecule has 1 fully saturated rings. The van der Waals surface area contributed by atoms with E-state index < -0.39 is 0 Å². The topological polar surface area (TPSA) is 17.0 Å². The van der Waals surface area contributed by atoms with Crippen molar-refractivity contribution < 1.29 is 0 Å². The van der Waals surface area contributed by atoms with Crippen LogP contribution in [0.25, 0.3) is 5.69 Å². The summed E-state index contributed by atoms with van der Waals surface area (Å²) in [7, 11) is 0. The van der Waals surface area contributed by atoms with Crippen molar-refractivity contribution >= 4 is 5.69 Å². The minimum atomic E-state index is 0.894. The lowest BCUT2D eigenvalue weighted by molar-refractivity contribution is 0.333. The zero-order valence-electron chi connectivity index (χ0n) is 9.97. The smallest absolute Gasteiger partial charge is 0.0469 e. The van der Waals surface area contributed by atoms with Crippen LogP contribution in [0.1, 0.15) is 19.3 Å². The summed E-state index contributed by atoms with van der Waals surface area (Å²) in [4.78, 5) is 0. The van der Waals surface area contributed by atoms with Gasteiger partial charge in [-0.1, -0.05) is 12.5 Å². The molecule has 0 radical (unpaired) electrons. The van der Waals surface area contributed by atoms with Gasteiger partial charge in [-0.2, -0.15) is 0 Å². The zero-order valence-corrected chi connectivity index (χ0v) is 9.97. The Morgan fingerprint density at radius 3 is 2.65 bits per heavy atom. The highest BCUT2D eigenvalue weighted by Crippen LogP contribution is 2.26. The first-order valence-corrected chi connectivity index (χ1v) is 6.39. The molecule has 1 aliphatic rings. The van der Waals surface area contributed by atoms with Crippen LogP contribution < -0.4 is 5.32 Å². The van der Waals surface area contributed by atoms with Crippen molar-refractivity contribution in [1.82, 2.24) is 4.57 Å². The number of aromatic nitrogens is 1. The molecule has 0 unspecified atom stereocenters. The number of benzene rings is 1. The Bertz CT molecular complexity index is 469. The maximum atomic E-state index is 3.54. The van der Waals surface area contributed by atoms with Gasteiger partial charge >= 0.3 is 0 Å². The van der Waals surface area contributed by atoms with E-state index in [9.17, 15) is 0 Å². The van der Waals surface area contributed by atoms with Crippen LogP contribution in [0.2, 0.25) is 0 Å². The van der Waals surface area contributed by atoms with Crippen molar-refractivity contribution in [3.63, 3.8) is 0 Å². The van der Waals surface area contributed by atoms with Crippen LogP contribution in [0.15, 0.2) is 48.8 Å². The predicted molar refractivity (Wildman–Crippen MR) is 71.6 cm³/mol. The third kappa shape index (κ3) is 2.36. The molecule has 0 aliphatic heterocycles. The van der Waals surface area contributed by atoms with Crippen molar-refractivity contribution in [3.05, 3.63) is 48.8 Å². The van der Waals surface area contributed by atoms with Gasteiger partial charge in [0.2, 0.25) is 0 Å². The van der Waals surface area contributed by atoms with E-state index in [2.05, 4.69) is 58.7 Å². The normalized spacial score (nSPS) is 15.5. The lowest BCUT2D eigenvalue weighted by atomic mass is 9.85. The minimum Gasteiger partial charge on any atom is -0.385 e. The minimum absolute atomic E-state index is 0.894. The van der Waals surface area contributed by atoms with Crippen molar-refractivity contribution in [2.24, 2.45) is 5.92 Å². The van der Waals surface area contributed by atoms with Crippen LogP contribution in [0.3, 0.4) is 0 Å². The number of nitrogens with zero attached hydrogens (tertiary/aromatic N) is 1. The standard InChI is InChI=1S/C15H18N2/c1-2-10-17(9-1)15-8-4-7-14(11-15)16-12-13-5-3-6-13/h1-2,4,7-11,13,16H,3,5-6,12H2. The molecule has 1 aromatic heterocycles. The summed E-state index contributed by atoms with van der Waals surface area (Å²) < 4.78 is 2.13. The van der Waals surface area contributed by atoms with E-state index in [4.69, 9.17) is 0 Å². The van der Waals surface area contributed by atoms with Crippen LogP contribution in [0.5, 0.6) is 0 Å². The Morgan fingerprint density at radius 2 is 1.94 bits per heavy atom. The van der Waals surface area contributed by atoms with E-state index in [1.165, 1.54) is 30.6 Å². The molecule has 0 spiro atoms. The highest BCUT2D eigenvalue weighted by molar-refractivity contribution is 5.51. The summed E-state index contributed by atoms with van der Waals surface area (Å²) in [5.41, 5.74) is 2.44. The maximum absolute atomic E-state index is 3.54. The van der Waals surface area contributed by atoms with Gasteiger partial charge in [-0.15, -0.1) is 0 Å². The van der Waals surface area contributed by atoms with Crippen molar-refractivity contribution in [1.29, 1.82) is 0 Å². The quantitative estimate of drug-likeness (QED) is 0.841. The number of anilines is 1. The Balaban J connectivity index is 1.70. The Morgan fingerprint density at radius 1 is 1.12 bits per heavy atom. The van der Waals surface area contributed by atoms with Gasteiger partial charge in [0.15, 0.2) is 0 Å². The lowest BCUT2D eigenvalue weighted by Gasteiger charge is -2.26. The van der Waals surface area contributed by atoms with Crippen LogP contribution in [-0.4, -0.2) is 11.1 Å². The van der Waals surface area contributed by atoms with E-state index >= 15 is 0 Å². The lowest BCUT2D eigenvalue weighted by Crippen LogP contribution is -2.20. The number of hydrogen-bond donors (Lipinski definition) is 1. The first kappa shape index (κ1) is 10.5. The third-order valence-corrected chi connectivity index (χ3v) is 3.57. The second-order valence-electron chi connectivity index (χ2n) is 4.82. The molecule has 3 rings (SSSR count). The monoisotopic (exact) mass is 226 g/mol. The fourth-order valence-electron chi connectivity index (χ4n) is 2.24. The van der Waals surface area contributed by atoms with Gasteiger partial charge in [0, 0.05) is 30.3 Å². The molecule has 2 heteroatoms. The van der Waals surface area contributed by atoms with Gasteiger partial charge in [-0.05, 0) is 49.1 Å². The molecule has 17 heavy (non-hydrogen) atoms. The Kier molecular flexibility index (Phi) is 2.87. The molecule has 0 amide bonds. The molecule has 2 aromatic rings. The summed E-state index contributed by atoms with van der Waals surface area (Å²) in [5, 5.41) is 3.54. The van der Waals surface area contributed by atoms with E-state index in [-0.39, 0.29) is 0 Å². The fourth-order valence-corrected chi connectivity index (χ4v) is 2.24. The zero-order chi connectivity index (χ0) is 11.5. The second kappa shape index (κ2) is 4.66. The summed E-state index contributed by atoms with van der Waals surface area (Å²) in [5.74, 6) is 0.894. The molecule has 0 atom stereocenters. The molecule has 88 valence electrons. The fraction of sp³-hybridized carbons (Fsp3) is 0.333. The summed E-state index contributed by atoms with van der Waals surface area (Å²) in [6.45, 7) is 1.12. The van der Waals surface area contributed by atoms with Crippen molar-refractivity contribution in [3.8, 4) is 5.69 Å². The van der Waals surface area contributed by atoms with Gasteiger partial charge in [-0.25, -0.2) is 0 Å². The molecule has 1 heterocycles. The molecule has 1 saturated carbocycles. The van der Waals surface area contributed by atoms with Gasteiger partial charge in [0.1, 0.15) is 0 Å². The summed E-state index contributed by atoms with van der Waals surface area (Å²) >= 11 is 0. The third-order valence-electron chi connectivity index (χ3n) is 3.57. The Hall–Kier alpha value is -1.70. The SMILES string of the molecule is c1cc(NCC2CCC2)cc(-n2cccc2)c1. The highest BCUT2D eigenvalue weighted by atomic mass is 14.9. The Labute approximate surface area is 102 Å². The average Bonchev–Trinajstić information content (AvgIpc) is 2.81. The van der Waals surface area contributed by atoms with Gasteiger partial charge in [0.05, 0.1) is 0 Å². The van der Waals surface area contributed by atoms with E-state index in [1.807, 2.05) is 0 Å². The molecule has 1 N–H and O–H groups in total. The van der Waals surface area contributed by atoms with Crippen LogP contribution in [0, 0.1) is 5.92 Å². The molecular weight excluding hydrogens is 208 g/mol. The van der Waals surface area contributed by atoms with E-state index in [0.717, 1.165) is 12.5 Å². The second-order valence-corrected chi connectivity index (χ2v) is 4.82. The predicted octanol–water partition coefficient (Wildman–Crippen LogP) is 3.69. The first-order chi connectivity index (χ1) is 8.42. The molecule has 0 saturated heterocycles. The van der Waals surface area contributed by atoms with Crippen LogP contribution >= 0.6 is 0 Å². The molecule has 1 aliphatic carbocycles. The summed E-state index contributed by atoms with van der Waals surface area (Å²) in [6.07, 6.45) is 8.35. The first-order valence-electron chi connectivity index (χ1n) is 6.39. The maximum Gasteiger partial charge on any atom is 0.0469 e. The largest absolute Gasteiger partial charge is 0.385 e. The number of rotatable bonds is 4. The van der Waals surface area contributed by atoms with Gasteiger partial charge in [-0.3, -0.25) is 0 Å². The molecule has 1 aromatic carbocycles. The number of hydrogen-bond acceptors (Lipinski definition) is 1. The van der Waals surface area contributed by atoms with E-state index in [0.29, 0.717) is 0 Å². The highest BCUT2D eigenvalue weighted by Gasteiger charge is 2.16. The molecule has 2 nitrogen and oxygen atoms in total. The van der Waals surface area contributed by atoms with Crippen LogP contribution in [0.4, 0.5) is 5.69 Å². The number of nitrogens with one attached hydrogen (secondary N) is 1. The molecule has 0 bridgehead atoms. The van der Waals surface area contributed by atoms with Gasteiger partial charge in [0.25, 0.3) is 0 Å². The average molecular weight is 226 g/mol. The van der Waals surface area contributed by atoms with Crippen LogP contribution in [-0.2, 0) is 0 Å².